The van der Waals surface area contributed by atoms with Crippen LogP contribution >= 0.6 is 23.2 Å². The largest absolute Gasteiger partial charge is 0.405 e. The van der Waals surface area contributed by atoms with Gasteiger partial charge in [-0.3, -0.25) is 4.79 Å². The number of nitrogens with two attached hydrogens (primary N) is 2. The number of halogens is 5. The maximum absolute atomic E-state index is 12.6. The minimum atomic E-state index is -4.46. The predicted molar refractivity (Wildman–Crippen MR) is 163 cm³/mol. The number of amides is 1. The van der Waals surface area contributed by atoms with Crippen molar-refractivity contribution in [3.8, 4) is 0 Å². The normalized spacial score (nSPS) is 15.2. The minimum absolute atomic E-state index is 0.00273. The van der Waals surface area contributed by atoms with Crippen molar-refractivity contribution >= 4 is 46.7 Å². The zero-order valence-electron chi connectivity index (χ0n) is 23.8. The fraction of sp³-hybridized carbons (Fsp3) is 0.464. The minimum Gasteiger partial charge on any atom is -0.366 e. The first kappa shape index (κ1) is 34.8. The van der Waals surface area contributed by atoms with Gasteiger partial charge in [0.15, 0.2) is 5.96 Å². The van der Waals surface area contributed by atoms with Crippen LogP contribution in [-0.2, 0) is 6.54 Å². The zero-order chi connectivity index (χ0) is 31.3. The SMILES string of the molecule is CC(C)(C)C1CCCCC1.N/N=N\C(N)=NC(=O)c1ccc(CN=C(NCC(F)(F)F)Nc2cc(Cl)cc(Cl)c2)cc1. The second-order valence-corrected chi connectivity index (χ2v) is 11.7. The van der Waals surface area contributed by atoms with E-state index in [0.29, 0.717) is 26.7 Å². The highest BCUT2D eigenvalue weighted by Crippen LogP contribution is 2.37. The molecular weight excluding hydrogens is 592 g/mol. The summed E-state index contributed by atoms with van der Waals surface area (Å²) in [5.41, 5.74) is 7.07. The molecule has 14 heteroatoms. The predicted octanol–water partition coefficient (Wildman–Crippen LogP) is 7.51. The number of nitrogens with zero attached hydrogens (tertiary/aromatic N) is 4. The van der Waals surface area contributed by atoms with E-state index < -0.39 is 24.6 Å². The lowest BCUT2D eigenvalue weighted by atomic mass is 9.72. The van der Waals surface area contributed by atoms with E-state index in [1.807, 2.05) is 0 Å². The van der Waals surface area contributed by atoms with E-state index in [9.17, 15) is 18.0 Å². The van der Waals surface area contributed by atoms with Crippen LogP contribution in [0.3, 0.4) is 0 Å². The van der Waals surface area contributed by atoms with Crippen molar-refractivity contribution in [1.82, 2.24) is 5.32 Å². The Bertz CT molecular complexity index is 1230. The third-order valence-corrected chi connectivity index (χ3v) is 6.84. The van der Waals surface area contributed by atoms with E-state index in [4.69, 9.17) is 34.8 Å². The number of rotatable bonds is 5. The summed E-state index contributed by atoms with van der Waals surface area (Å²) < 4.78 is 37.9. The molecule has 230 valence electrons. The average molecular weight is 630 g/mol. The molecule has 0 aromatic heterocycles. The Balaban J connectivity index is 0.000000518. The number of benzene rings is 2. The third-order valence-electron chi connectivity index (χ3n) is 6.41. The molecule has 0 heterocycles. The standard InChI is InChI=1S/C18H17Cl2F3N8O.C10H20/c19-12-5-13(20)7-14(6-12)28-17(27-9-18(21,22)23)26-8-10-1-3-11(4-2-10)15(32)29-16(24)30-31-25;1-10(2,3)9-7-5-4-6-8-9/h1-7H,8-9H2,(H2,26,27,28)(H4,24,25,29,30,32);9H,4-8H2,1-3H3. The Kier molecular flexibility index (Phi) is 13.5. The Hall–Kier alpha value is -3.38. The van der Waals surface area contributed by atoms with E-state index >= 15 is 0 Å². The molecule has 42 heavy (non-hydrogen) atoms. The van der Waals surface area contributed by atoms with Gasteiger partial charge >= 0.3 is 6.18 Å². The number of nitrogens with one attached hydrogen (secondary N) is 2. The van der Waals surface area contributed by atoms with E-state index in [0.717, 1.165) is 5.92 Å². The van der Waals surface area contributed by atoms with Crippen LogP contribution in [0.2, 0.25) is 10.0 Å². The van der Waals surface area contributed by atoms with Gasteiger partial charge in [0.1, 0.15) is 6.54 Å². The molecule has 0 aliphatic heterocycles. The molecule has 0 saturated heterocycles. The van der Waals surface area contributed by atoms with E-state index in [1.54, 1.807) is 12.1 Å². The van der Waals surface area contributed by atoms with Crippen molar-refractivity contribution < 1.29 is 18.0 Å². The molecule has 1 fully saturated rings. The van der Waals surface area contributed by atoms with Crippen LogP contribution in [0.15, 0.2) is 62.8 Å². The molecule has 3 rings (SSSR count). The van der Waals surface area contributed by atoms with Gasteiger partial charge in [-0.15, -0.1) is 0 Å². The van der Waals surface area contributed by atoms with Crippen LogP contribution < -0.4 is 22.2 Å². The van der Waals surface area contributed by atoms with Crippen molar-refractivity contribution in [3.63, 3.8) is 0 Å². The number of anilines is 1. The van der Waals surface area contributed by atoms with E-state index in [1.165, 1.54) is 62.4 Å². The summed E-state index contributed by atoms with van der Waals surface area (Å²) in [6, 6.07) is 10.5. The first-order valence-electron chi connectivity index (χ1n) is 13.3. The zero-order valence-corrected chi connectivity index (χ0v) is 25.3. The highest BCUT2D eigenvalue weighted by atomic mass is 35.5. The van der Waals surface area contributed by atoms with E-state index in [2.05, 4.69) is 51.7 Å². The van der Waals surface area contributed by atoms with Crippen molar-refractivity contribution in [3.05, 3.63) is 63.6 Å². The van der Waals surface area contributed by atoms with Crippen molar-refractivity contribution in [2.75, 3.05) is 11.9 Å². The van der Waals surface area contributed by atoms with Crippen molar-refractivity contribution in [1.29, 1.82) is 0 Å². The number of hydrogen-bond acceptors (Lipinski definition) is 3. The molecule has 1 aliphatic rings. The molecule has 0 bridgehead atoms. The molecule has 1 saturated carbocycles. The molecule has 0 atom stereocenters. The molecule has 6 N–H and O–H groups in total. The highest BCUT2D eigenvalue weighted by molar-refractivity contribution is 6.35. The third kappa shape index (κ3) is 13.5. The number of aliphatic imine (C=N–C) groups is 2. The van der Waals surface area contributed by atoms with Gasteiger partial charge in [0.2, 0.25) is 5.96 Å². The Morgan fingerprint density at radius 1 is 1.00 bits per heavy atom. The number of carbonyl (C=O) groups excluding carboxylic acids is 1. The molecular formula is C28H37Cl2F3N8O. The molecule has 0 radical (unpaired) electrons. The summed E-state index contributed by atoms with van der Waals surface area (Å²) in [4.78, 5) is 19.6. The maximum atomic E-state index is 12.6. The lowest BCUT2D eigenvalue weighted by Crippen LogP contribution is -2.38. The second-order valence-electron chi connectivity index (χ2n) is 10.8. The van der Waals surface area contributed by atoms with Crippen molar-refractivity contribution in [2.24, 2.45) is 43.2 Å². The van der Waals surface area contributed by atoms with Crippen LogP contribution in [0.1, 0.15) is 68.8 Å². The second kappa shape index (κ2) is 16.3. The maximum Gasteiger partial charge on any atom is 0.405 e. The monoisotopic (exact) mass is 628 g/mol. The van der Waals surface area contributed by atoms with Crippen LogP contribution in [0.25, 0.3) is 0 Å². The molecule has 9 nitrogen and oxygen atoms in total. The van der Waals surface area contributed by atoms with Gasteiger partial charge < -0.3 is 22.2 Å². The quantitative estimate of drug-likeness (QED) is 0.0890. The van der Waals surface area contributed by atoms with Crippen LogP contribution in [-0.4, -0.2) is 30.5 Å². The number of hydrogen-bond donors (Lipinski definition) is 4. The molecule has 1 amide bonds. The molecule has 0 unspecified atom stereocenters. The molecule has 0 spiro atoms. The Labute approximate surface area is 254 Å². The van der Waals surface area contributed by atoms with Gasteiger partial charge in [-0.2, -0.15) is 18.2 Å². The number of guanidine groups is 2. The van der Waals surface area contributed by atoms with Crippen molar-refractivity contribution in [2.45, 2.75) is 65.6 Å². The first-order valence-corrected chi connectivity index (χ1v) is 14.1. The lowest BCUT2D eigenvalue weighted by Gasteiger charge is -2.33. The summed E-state index contributed by atoms with van der Waals surface area (Å²) in [5.74, 6) is 4.60. The summed E-state index contributed by atoms with van der Waals surface area (Å²) >= 11 is 11.8. The molecule has 2 aromatic carbocycles. The summed E-state index contributed by atoms with van der Waals surface area (Å²) in [7, 11) is 0. The van der Waals surface area contributed by atoms with Gasteiger partial charge in [0.25, 0.3) is 5.91 Å². The fourth-order valence-electron chi connectivity index (χ4n) is 4.23. The number of alkyl halides is 3. The number of carbonyl (C=O) groups is 1. The summed E-state index contributed by atoms with van der Waals surface area (Å²) in [6.07, 6.45) is 2.92. The molecule has 2 aromatic rings. The first-order chi connectivity index (χ1) is 19.7. The van der Waals surface area contributed by atoms with Gasteiger partial charge in [-0.05, 0) is 60.1 Å². The Morgan fingerprint density at radius 2 is 1.60 bits per heavy atom. The van der Waals surface area contributed by atoms with Gasteiger partial charge in [0.05, 0.1) is 6.54 Å². The van der Waals surface area contributed by atoms with Crippen LogP contribution in [0, 0.1) is 11.3 Å². The van der Waals surface area contributed by atoms with Gasteiger partial charge in [0, 0.05) is 21.3 Å². The molecule has 1 aliphatic carbocycles. The highest BCUT2D eigenvalue weighted by Gasteiger charge is 2.27. The van der Waals surface area contributed by atoms with Gasteiger partial charge in [-0.25, -0.2) is 4.99 Å². The lowest BCUT2D eigenvalue weighted by molar-refractivity contribution is -0.122. The fourth-order valence-corrected chi connectivity index (χ4v) is 4.75. The van der Waals surface area contributed by atoms with E-state index in [-0.39, 0.29) is 18.1 Å². The van der Waals surface area contributed by atoms with Crippen LogP contribution in [0.5, 0.6) is 0 Å². The smallest absolute Gasteiger partial charge is 0.366 e. The summed E-state index contributed by atoms with van der Waals surface area (Å²) in [6.45, 7) is 5.83. The van der Waals surface area contributed by atoms with Crippen LogP contribution in [0.4, 0.5) is 18.9 Å². The van der Waals surface area contributed by atoms with Gasteiger partial charge in [-0.1, -0.05) is 85.7 Å². The summed E-state index contributed by atoms with van der Waals surface area (Å²) in [5, 5.41) is 11.6. The average Bonchev–Trinajstić information content (AvgIpc) is 2.90. The topological polar surface area (TPSA) is 143 Å². The Morgan fingerprint density at radius 3 is 2.10 bits per heavy atom.